The number of hydrogen-bond donors (Lipinski definition) is 0. The SMILES string of the molecule is CC=CC1=NCCCC1. The van der Waals surface area contributed by atoms with Crippen LogP contribution >= 0.6 is 0 Å². The third-order valence-electron chi connectivity index (χ3n) is 1.51. The molecule has 9 heavy (non-hydrogen) atoms. The van der Waals surface area contributed by atoms with Crippen molar-refractivity contribution in [2.24, 2.45) is 4.99 Å². The number of aliphatic imine (C=N–C) groups is 1. The molecule has 0 aliphatic carbocycles. The van der Waals surface area contributed by atoms with Crippen LogP contribution in [0, 0.1) is 0 Å². The largest absolute Gasteiger partial charge is 0.290 e. The van der Waals surface area contributed by atoms with E-state index in [1.165, 1.54) is 25.0 Å². The Hall–Kier alpha value is -0.590. The van der Waals surface area contributed by atoms with Crippen LogP contribution in [0.15, 0.2) is 17.1 Å². The van der Waals surface area contributed by atoms with E-state index in [0.29, 0.717) is 0 Å². The molecule has 0 spiro atoms. The molecule has 0 radical (unpaired) electrons. The molecular formula is C8H13N. The van der Waals surface area contributed by atoms with Crippen molar-refractivity contribution in [1.29, 1.82) is 0 Å². The van der Waals surface area contributed by atoms with Gasteiger partial charge in [0, 0.05) is 12.3 Å². The minimum Gasteiger partial charge on any atom is -0.290 e. The molecule has 1 heterocycles. The van der Waals surface area contributed by atoms with Gasteiger partial charge < -0.3 is 0 Å². The molecule has 0 aromatic carbocycles. The zero-order chi connectivity index (χ0) is 6.53. The number of rotatable bonds is 1. The van der Waals surface area contributed by atoms with Gasteiger partial charge in [-0.1, -0.05) is 6.08 Å². The Morgan fingerprint density at radius 2 is 2.33 bits per heavy atom. The molecule has 0 saturated carbocycles. The first-order valence-electron chi connectivity index (χ1n) is 3.59. The van der Waals surface area contributed by atoms with Crippen LogP contribution in [0.3, 0.4) is 0 Å². The van der Waals surface area contributed by atoms with Crippen LogP contribution in [0.2, 0.25) is 0 Å². The number of nitrogens with zero attached hydrogens (tertiary/aromatic N) is 1. The second kappa shape index (κ2) is 3.44. The van der Waals surface area contributed by atoms with Crippen LogP contribution < -0.4 is 0 Å². The third-order valence-corrected chi connectivity index (χ3v) is 1.51. The molecule has 0 unspecified atom stereocenters. The average Bonchev–Trinajstić information content (AvgIpc) is 1.91. The molecule has 0 N–H and O–H groups in total. The lowest BCUT2D eigenvalue weighted by Crippen LogP contribution is -2.01. The van der Waals surface area contributed by atoms with E-state index in [-0.39, 0.29) is 0 Å². The highest BCUT2D eigenvalue weighted by Crippen LogP contribution is 2.05. The summed E-state index contributed by atoms with van der Waals surface area (Å²) in [6.07, 6.45) is 7.96. The van der Waals surface area contributed by atoms with Crippen molar-refractivity contribution in [2.75, 3.05) is 6.54 Å². The van der Waals surface area contributed by atoms with Crippen LogP contribution in [-0.2, 0) is 0 Å². The van der Waals surface area contributed by atoms with Gasteiger partial charge in [0.25, 0.3) is 0 Å². The van der Waals surface area contributed by atoms with E-state index in [1.54, 1.807) is 0 Å². The maximum absolute atomic E-state index is 4.35. The van der Waals surface area contributed by atoms with Crippen molar-refractivity contribution in [1.82, 2.24) is 0 Å². The molecule has 1 aliphatic heterocycles. The monoisotopic (exact) mass is 123 g/mol. The minimum atomic E-state index is 1.04. The molecule has 1 rings (SSSR count). The predicted molar refractivity (Wildman–Crippen MR) is 41.0 cm³/mol. The average molecular weight is 123 g/mol. The Labute approximate surface area is 56.5 Å². The fourth-order valence-corrected chi connectivity index (χ4v) is 1.05. The van der Waals surface area contributed by atoms with Gasteiger partial charge >= 0.3 is 0 Å². The highest BCUT2D eigenvalue weighted by Gasteiger charge is 1.99. The Balaban J connectivity index is 2.46. The van der Waals surface area contributed by atoms with Gasteiger partial charge in [-0.3, -0.25) is 4.99 Å². The summed E-state index contributed by atoms with van der Waals surface area (Å²) in [5, 5.41) is 0. The first kappa shape index (κ1) is 6.53. The summed E-state index contributed by atoms with van der Waals surface area (Å²) in [7, 11) is 0. The van der Waals surface area contributed by atoms with Gasteiger partial charge in [-0.25, -0.2) is 0 Å². The molecule has 0 atom stereocenters. The molecule has 0 saturated heterocycles. The van der Waals surface area contributed by atoms with Crippen LogP contribution in [-0.4, -0.2) is 12.3 Å². The van der Waals surface area contributed by atoms with E-state index in [2.05, 4.69) is 17.1 Å². The maximum Gasteiger partial charge on any atom is 0.0392 e. The quantitative estimate of drug-likeness (QED) is 0.507. The smallest absolute Gasteiger partial charge is 0.0392 e. The predicted octanol–water partition coefficient (Wildman–Crippen LogP) is 2.19. The van der Waals surface area contributed by atoms with E-state index in [1.807, 2.05) is 6.92 Å². The fourth-order valence-electron chi connectivity index (χ4n) is 1.05. The summed E-state index contributed by atoms with van der Waals surface area (Å²) in [6.45, 7) is 3.08. The summed E-state index contributed by atoms with van der Waals surface area (Å²) in [5.41, 5.74) is 1.28. The standard InChI is InChI=1S/C8H13N/c1-2-5-8-6-3-4-7-9-8/h2,5H,3-4,6-7H2,1H3. The zero-order valence-corrected chi connectivity index (χ0v) is 5.93. The van der Waals surface area contributed by atoms with Crippen molar-refractivity contribution in [3.63, 3.8) is 0 Å². The van der Waals surface area contributed by atoms with E-state index in [0.717, 1.165) is 6.54 Å². The zero-order valence-electron chi connectivity index (χ0n) is 5.93. The van der Waals surface area contributed by atoms with Gasteiger partial charge in [-0.15, -0.1) is 0 Å². The lowest BCUT2D eigenvalue weighted by atomic mass is 10.1. The van der Waals surface area contributed by atoms with E-state index in [9.17, 15) is 0 Å². The molecular weight excluding hydrogens is 110 g/mol. The molecule has 0 fully saturated rings. The van der Waals surface area contributed by atoms with Crippen LogP contribution in [0.25, 0.3) is 0 Å². The van der Waals surface area contributed by atoms with Crippen LogP contribution in [0.1, 0.15) is 26.2 Å². The van der Waals surface area contributed by atoms with Gasteiger partial charge in [0.05, 0.1) is 0 Å². The van der Waals surface area contributed by atoms with Gasteiger partial charge in [0.1, 0.15) is 0 Å². The molecule has 1 nitrogen and oxygen atoms in total. The molecule has 1 aliphatic rings. The van der Waals surface area contributed by atoms with Gasteiger partial charge in [-0.2, -0.15) is 0 Å². The Morgan fingerprint density at radius 1 is 1.44 bits per heavy atom. The highest BCUT2D eigenvalue weighted by molar-refractivity contribution is 5.95. The van der Waals surface area contributed by atoms with E-state index < -0.39 is 0 Å². The minimum absolute atomic E-state index is 1.04. The molecule has 1 heteroatoms. The first-order valence-corrected chi connectivity index (χ1v) is 3.59. The number of allylic oxidation sites excluding steroid dienone is 2. The first-order chi connectivity index (χ1) is 4.43. The second-order valence-electron chi connectivity index (χ2n) is 2.33. The Morgan fingerprint density at radius 3 is 2.89 bits per heavy atom. The summed E-state index contributed by atoms with van der Waals surface area (Å²) in [5.74, 6) is 0. The third kappa shape index (κ3) is 2.00. The summed E-state index contributed by atoms with van der Waals surface area (Å²) in [4.78, 5) is 4.35. The summed E-state index contributed by atoms with van der Waals surface area (Å²) < 4.78 is 0. The molecule has 50 valence electrons. The van der Waals surface area contributed by atoms with Crippen molar-refractivity contribution in [3.8, 4) is 0 Å². The van der Waals surface area contributed by atoms with Crippen LogP contribution in [0.4, 0.5) is 0 Å². The Kier molecular flexibility index (Phi) is 2.49. The molecule has 0 aromatic rings. The van der Waals surface area contributed by atoms with Crippen molar-refractivity contribution in [2.45, 2.75) is 26.2 Å². The molecule has 0 bridgehead atoms. The van der Waals surface area contributed by atoms with Gasteiger partial charge in [0.15, 0.2) is 0 Å². The normalized spacial score (nSPS) is 20.3. The van der Waals surface area contributed by atoms with E-state index in [4.69, 9.17) is 0 Å². The molecule has 0 aromatic heterocycles. The maximum atomic E-state index is 4.35. The van der Waals surface area contributed by atoms with Gasteiger partial charge in [0.2, 0.25) is 0 Å². The van der Waals surface area contributed by atoms with Crippen molar-refractivity contribution >= 4 is 5.71 Å². The van der Waals surface area contributed by atoms with Crippen molar-refractivity contribution < 1.29 is 0 Å². The van der Waals surface area contributed by atoms with Crippen LogP contribution in [0.5, 0.6) is 0 Å². The van der Waals surface area contributed by atoms with Gasteiger partial charge in [-0.05, 0) is 32.3 Å². The summed E-state index contributed by atoms with van der Waals surface area (Å²) >= 11 is 0. The molecule has 0 amide bonds. The Bertz CT molecular complexity index is 134. The van der Waals surface area contributed by atoms with E-state index >= 15 is 0 Å². The second-order valence-corrected chi connectivity index (χ2v) is 2.33. The number of hydrogen-bond acceptors (Lipinski definition) is 1. The lowest BCUT2D eigenvalue weighted by Gasteiger charge is -2.06. The highest BCUT2D eigenvalue weighted by atomic mass is 14.7. The van der Waals surface area contributed by atoms with Crippen molar-refractivity contribution in [3.05, 3.63) is 12.2 Å². The lowest BCUT2D eigenvalue weighted by molar-refractivity contribution is 0.740. The summed E-state index contributed by atoms with van der Waals surface area (Å²) in [6, 6.07) is 0. The topological polar surface area (TPSA) is 12.4 Å². The fraction of sp³-hybridized carbons (Fsp3) is 0.625.